The van der Waals surface area contributed by atoms with Gasteiger partial charge in [0.1, 0.15) is 11.5 Å². The molecule has 3 nitrogen and oxygen atoms in total. The van der Waals surface area contributed by atoms with Gasteiger partial charge in [-0.3, -0.25) is 0 Å². The van der Waals surface area contributed by atoms with Crippen molar-refractivity contribution in [1.82, 2.24) is 4.98 Å². The first-order valence-electron chi connectivity index (χ1n) is 8.43. The average molecular weight is 323 g/mol. The molecule has 0 saturated heterocycles. The summed E-state index contributed by atoms with van der Waals surface area (Å²) in [5.41, 5.74) is 3.18. The second-order valence-electron chi connectivity index (χ2n) is 5.30. The number of benzene rings is 2. The van der Waals surface area contributed by atoms with E-state index >= 15 is 0 Å². The van der Waals surface area contributed by atoms with Crippen LogP contribution >= 0.6 is 0 Å². The van der Waals surface area contributed by atoms with Gasteiger partial charge in [0.15, 0.2) is 0 Å². The molecule has 0 aliphatic heterocycles. The van der Waals surface area contributed by atoms with Gasteiger partial charge in [0.05, 0.1) is 12.3 Å². The quantitative estimate of drug-likeness (QED) is 0.612. The third-order valence-electron chi connectivity index (χ3n) is 3.54. The van der Waals surface area contributed by atoms with E-state index in [1.165, 1.54) is 5.56 Å². The Morgan fingerprint density at radius 1 is 0.917 bits per heavy atom. The van der Waals surface area contributed by atoms with Crippen molar-refractivity contribution >= 4 is 0 Å². The summed E-state index contributed by atoms with van der Waals surface area (Å²) >= 11 is 0. The fourth-order valence-corrected chi connectivity index (χ4v) is 2.26. The normalized spacial score (nSPS) is 10.0. The van der Waals surface area contributed by atoms with E-state index in [9.17, 15) is 0 Å². The van der Waals surface area contributed by atoms with Gasteiger partial charge in [-0.25, -0.2) is 4.98 Å². The molecule has 0 fully saturated rings. The minimum atomic E-state index is 0.588. The number of hydrogen-bond donors (Lipinski definition) is 0. The van der Waals surface area contributed by atoms with Gasteiger partial charge >= 0.3 is 0 Å². The Morgan fingerprint density at radius 2 is 1.58 bits per heavy atom. The highest BCUT2D eigenvalue weighted by Gasteiger charge is 2.11. The van der Waals surface area contributed by atoms with Gasteiger partial charge in [0, 0.05) is 12.0 Å². The number of hydrogen-bond acceptors (Lipinski definition) is 3. The van der Waals surface area contributed by atoms with Crippen molar-refractivity contribution in [3.63, 3.8) is 0 Å². The zero-order valence-electron chi connectivity index (χ0n) is 14.9. The first-order valence-corrected chi connectivity index (χ1v) is 8.43. The molecule has 24 heavy (non-hydrogen) atoms. The van der Waals surface area contributed by atoms with Crippen molar-refractivity contribution in [2.24, 2.45) is 0 Å². The van der Waals surface area contributed by atoms with Crippen LogP contribution in [0, 0.1) is 13.8 Å². The molecule has 0 aliphatic rings. The van der Waals surface area contributed by atoms with Crippen molar-refractivity contribution in [2.75, 3.05) is 6.61 Å². The number of ether oxygens (including phenoxy) is 1. The Labute approximate surface area is 144 Å². The predicted octanol–water partition coefficient (Wildman–Crippen LogP) is 5.61. The molecule has 3 rings (SSSR count). The van der Waals surface area contributed by atoms with Crippen LogP contribution in [0.15, 0.2) is 59.0 Å². The first kappa shape index (κ1) is 17.8. The van der Waals surface area contributed by atoms with Crippen LogP contribution in [-0.4, -0.2) is 11.6 Å². The molecule has 1 heterocycles. The lowest BCUT2D eigenvalue weighted by Gasteiger charge is -2.05. The molecule has 2 aromatic carbocycles. The van der Waals surface area contributed by atoms with E-state index in [0.29, 0.717) is 12.5 Å². The second kappa shape index (κ2) is 8.92. The van der Waals surface area contributed by atoms with Gasteiger partial charge in [-0.05, 0) is 38.1 Å². The minimum absolute atomic E-state index is 0.588. The second-order valence-corrected chi connectivity index (χ2v) is 5.30. The first-order chi connectivity index (χ1) is 11.7. The summed E-state index contributed by atoms with van der Waals surface area (Å²) in [5, 5.41) is 0. The summed E-state index contributed by atoms with van der Waals surface area (Å²) < 4.78 is 11.5. The van der Waals surface area contributed by atoms with E-state index < -0.39 is 0 Å². The molecule has 0 unspecified atom stereocenters. The lowest BCUT2D eigenvalue weighted by molar-refractivity contribution is 0.320. The molecule has 3 aromatic rings. The number of aryl methyl sites for hydroxylation is 2. The lowest BCUT2D eigenvalue weighted by atomic mass is 10.2. The van der Waals surface area contributed by atoms with Crippen molar-refractivity contribution in [3.05, 3.63) is 71.6 Å². The molecular formula is C21H25NO2. The maximum absolute atomic E-state index is 5.75. The number of nitrogens with zero attached hydrogens (tertiary/aromatic N) is 1. The van der Waals surface area contributed by atoms with Gasteiger partial charge in [0.25, 0.3) is 0 Å². The van der Waals surface area contributed by atoms with E-state index in [4.69, 9.17) is 9.15 Å². The standard InChI is InChI=1S/C19H19NO2.C2H6/c1-14-8-10-17(11-9-14)21-13-12-18-15(2)22-19(20-18)16-6-4-3-5-7-16;1-2/h3-11H,12-13H2,1-2H3;1-2H3. The molecule has 0 bridgehead atoms. The molecule has 0 spiro atoms. The number of aromatic nitrogens is 1. The third kappa shape index (κ3) is 4.72. The Bertz CT molecular complexity index is 730. The minimum Gasteiger partial charge on any atom is -0.493 e. The maximum Gasteiger partial charge on any atom is 0.226 e. The van der Waals surface area contributed by atoms with Crippen LogP contribution in [0.25, 0.3) is 11.5 Å². The SMILES string of the molecule is CC.Cc1ccc(OCCc2nc(-c3ccccc3)oc2C)cc1. The highest BCUT2D eigenvalue weighted by Crippen LogP contribution is 2.21. The molecule has 0 atom stereocenters. The zero-order valence-corrected chi connectivity index (χ0v) is 14.9. The van der Waals surface area contributed by atoms with Crippen LogP contribution in [-0.2, 0) is 6.42 Å². The molecular weight excluding hydrogens is 298 g/mol. The van der Waals surface area contributed by atoms with E-state index in [1.54, 1.807) is 0 Å². The lowest BCUT2D eigenvalue weighted by Crippen LogP contribution is -2.02. The van der Waals surface area contributed by atoms with E-state index in [-0.39, 0.29) is 0 Å². The van der Waals surface area contributed by atoms with Gasteiger partial charge in [-0.15, -0.1) is 0 Å². The van der Waals surface area contributed by atoms with Crippen LogP contribution in [0.5, 0.6) is 5.75 Å². The van der Waals surface area contributed by atoms with E-state index in [1.807, 2.05) is 75.4 Å². The van der Waals surface area contributed by atoms with Crippen molar-refractivity contribution in [1.29, 1.82) is 0 Å². The summed E-state index contributed by atoms with van der Waals surface area (Å²) in [6.07, 6.45) is 0.732. The van der Waals surface area contributed by atoms with E-state index in [0.717, 1.165) is 29.2 Å². The molecule has 0 aliphatic carbocycles. The molecule has 1 aromatic heterocycles. The predicted molar refractivity (Wildman–Crippen MR) is 98.4 cm³/mol. The maximum atomic E-state index is 5.75. The number of oxazole rings is 1. The molecule has 0 radical (unpaired) electrons. The zero-order chi connectivity index (χ0) is 17.4. The summed E-state index contributed by atoms with van der Waals surface area (Å²) in [6.45, 7) is 8.60. The smallest absolute Gasteiger partial charge is 0.226 e. The van der Waals surface area contributed by atoms with Crippen molar-refractivity contribution in [2.45, 2.75) is 34.1 Å². The number of rotatable bonds is 5. The van der Waals surface area contributed by atoms with Crippen LogP contribution < -0.4 is 4.74 Å². The summed E-state index contributed by atoms with van der Waals surface area (Å²) in [5.74, 6) is 2.41. The molecule has 126 valence electrons. The van der Waals surface area contributed by atoms with E-state index in [2.05, 4.69) is 11.9 Å². The fraction of sp³-hybridized carbons (Fsp3) is 0.286. The average Bonchev–Trinajstić information content (AvgIpc) is 3.00. The summed E-state index contributed by atoms with van der Waals surface area (Å²) in [4.78, 5) is 4.58. The van der Waals surface area contributed by atoms with Crippen LogP contribution in [0.3, 0.4) is 0 Å². The highest BCUT2D eigenvalue weighted by molar-refractivity contribution is 5.53. The Morgan fingerprint density at radius 3 is 2.25 bits per heavy atom. The Hall–Kier alpha value is -2.55. The Balaban J connectivity index is 0.00000100. The van der Waals surface area contributed by atoms with Crippen LogP contribution in [0.2, 0.25) is 0 Å². The fourth-order valence-electron chi connectivity index (χ4n) is 2.26. The summed E-state index contributed by atoms with van der Waals surface area (Å²) in [7, 11) is 0. The molecule has 0 amide bonds. The van der Waals surface area contributed by atoms with Gasteiger partial charge < -0.3 is 9.15 Å². The van der Waals surface area contributed by atoms with Crippen LogP contribution in [0.1, 0.15) is 30.9 Å². The van der Waals surface area contributed by atoms with Crippen molar-refractivity contribution in [3.8, 4) is 17.2 Å². The van der Waals surface area contributed by atoms with Gasteiger partial charge in [-0.1, -0.05) is 49.7 Å². The molecule has 3 heteroatoms. The highest BCUT2D eigenvalue weighted by atomic mass is 16.5. The monoisotopic (exact) mass is 323 g/mol. The third-order valence-corrected chi connectivity index (χ3v) is 3.54. The topological polar surface area (TPSA) is 35.3 Å². The molecule has 0 N–H and O–H groups in total. The summed E-state index contributed by atoms with van der Waals surface area (Å²) in [6, 6.07) is 18.0. The van der Waals surface area contributed by atoms with Gasteiger partial charge in [-0.2, -0.15) is 0 Å². The van der Waals surface area contributed by atoms with Gasteiger partial charge in [0.2, 0.25) is 5.89 Å². The van der Waals surface area contributed by atoms with Crippen molar-refractivity contribution < 1.29 is 9.15 Å². The largest absolute Gasteiger partial charge is 0.493 e. The van der Waals surface area contributed by atoms with Crippen LogP contribution in [0.4, 0.5) is 0 Å². The molecule has 0 saturated carbocycles. The Kier molecular flexibility index (Phi) is 6.62.